The SMILES string of the molecule is CC(C)(c1ccc(OS(=O)(=O)C(F)(F)F)c(Br)c1)c1ccc(OS(=O)(=O)C(F)(F)F)c(Br)c1. The van der Waals surface area contributed by atoms with Crippen molar-refractivity contribution in [1.82, 2.24) is 0 Å². The van der Waals surface area contributed by atoms with Crippen LogP contribution >= 0.6 is 31.9 Å². The van der Waals surface area contributed by atoms with Crippen molar-refractivity contribution in [3.8, 4) is 11.5 Å². The zero-order valence-electron chi connectivity index (χ0n) is 16.3. The van der Waals surface area contributed by atoms with Crippen LogP contribution in [0.5, 0.6) is 11.5 Å². The zero-order chi connectivity index (χ0) is 25.6. The summed E-state index contributed by atoms with van der Waals surface area (Å²) < 4.78 is 128. The molecule has 2 aromatic rings. The second-order valence-corrected chi connectivity index (χ2v) is 11.7. The summed E-state index contributed by atoms with van der Waals surface area (Å²) in [5, 5.41) is 0. The average Bonchev–Trinajstić information content (AvgIpc) is 2.62. The highest BCUT2D eigenvalue weighted by Gasteiger charge is 2.49. The predicted octanol–water partition coefficient (Wildman–Crippen LogP) is 5.99. The Bertz CT molecular complexity index is 1170. The fourth-order valence-electron chi connectivity index (χ4n) is 2.41. The first kappa shape index (κ1) is 27.7. The van der Waals surface area contributed by atoms with Crippen LogP contribution in [-0.2, 0) is 25.7 Å². The van der Waals surface area contributed by atoms with Crippen LogP contribution < -0.4 is 8.37 Å². The summed E-state index contributed by atoms with van der Waals surface area (Å²) in [5.74, 6) is -1.23. The first-order valence-electron chi connectivity index (χ1n) is 8.30. The van der Waals surface area contributed by atoms with Crippen molar-refractivity contribution in [2.45, 2.75) is 30.3 Å². The van der Waals surface area contributed by atoms with Gasteiger partial charge in [0.05, 0.1) is 8.95 Å². The molecule has 0 atom stereocenters. The molecule has 6 nitrogen and oxygen atoms in total. The summed E-state index contributed by atoms with van der Waals surface area (Å²) in [6, 6.07) is 7.16. The largest absolute Gasteiger partial charge is 0.534 e. The summed E-state index contributed by atoms with van der Waals surface area (Å²) in [6.45, 7) is 3.30. The molecule has 0 amide bonds. The van der Waals surface area contributed by atoms with Crippen molar-refractivity contribution in [3.63, 3.8) is 0 Å². The minimum Gasteiger partial charge on any atom is -0.375 e. The van der Waals surface area contributed by atoms with E-state index < -0.39 is 48.2 Å². The average molecular weight is 650 g/mol. The molecule has 0 radical (unpaired) electrons. The van der Waals surface area contributed by atoms with Crippen LogP contribution in [0.15, 0.2) is 45.3 Å². The Kier molecular flexibility index (Phi) is 7.50. The second-order valence-electron chi connectivity index (χ2n) is 6.88. The third kappa shape index (κ3) is 5.95. The van der Waals surface area contributed by atoms with Gasteiger partial charge in [-0.15, -0.1) is 0 Å². The highest BCUT2D eigenvalue weighted by Crippen LogP contribution is 2.40. The topological polar surface area (TPSA) is 86.7 Å². The van der Waals surface area contributed by atoms with Crippen molar-refractivity contribution in [2.24, 2.45) is 0 Å². The second kappa shape index (κ2) is 8.92. The Balaban J connectivity index is 2.39. The van der Waals surface area contributed by atoms with Crippen molar-refractivity contribution < 1.29 is 51.5 Å². The molecule has 2 aromatic carbocycles. The molecule has 0 spiro atoms. The molecular weight excluding hydrogens is 638 g/mol. The molecule has 0 aliphatic carbocycles. The van der Waals surface area contributed by atoms with Crippen LogP contribution in [0, 0.1) is 0 Å². The highest BCUT2D eigenvalue weighted by molar-refractivity contribution is 9.11. The molecule has 0 aliphatic rings. The van der Waals surface area contributed by atoms with Gasteiger partial charge in [-0.3, -0.25) is 0 Å². The van der Waals surface area contributed by atoms with Gasteiger partial charge in [0.15, 0.2) is 11.5 Å². The predicted molar refractivity (Wildman–Crippen MR) is 112 cm³/mol. The summed E-state index contributed by atoms with van der Waals surface area (Å²) in [6.07, 6.45) is 0. The molecule has 2 rings (SSSR count). The van der Waals surface area contributed by atoms with Gasteiger partial charge in [-0.05, 0) is 67.3 Å². The van der Waals surface area contributed by atoms with Gasteiger partial charge < -0.3 is 8.37 Å². The van der Waals surface area contributed by atoms with Crippen molar-refractivity contribution in [3.05, 3.63) is 56.5 Å². The zero-order valence-corrected chi connectivity index (χ0v) is 21.1. The van der Waals surface area contributed by atoms with Gasteiger partial charge in [-0.2, -0.15) is 43.2 Å². The Morgan fingerprint density at radius 3 is 1.21 bits per heavy atom. The van der Waals surface area contributed by atoms with E-state index in [0.717, 1.165) is 12.1 Å². The fraction of sp³-hybridized carbons (Fsp3) is 0.294. The van der Waals surface area contributed by atoms with E-state index >= 15 is 0 Å². The molecular formula is C17H12Br2F6O6S2. The third-order valence-electron chi connectivity index (χ3n) is 4.27. The minimum absolute atomic E-state index is 0.115. The lowest BCUT2D eigenvalue weighted by molar-refractivity contribution is -0.0505. The third-order valence-corrected chi connectivity index (χ3v) is 7.44. The first-order chi connectivity index (χ1) is 14.7. The number of rotatable bonds is 6. The van der Waals surface area contributed by atoms with Crippen molar-refractivity contribution in [1.29, 1.82) is 0 Å². The Hall–Kier alpha value is -1.52. The van der Waals surface area contributed by atoms with E-state index in [-0.39, 0.29) is 8.95 Å². The molecule has 0 heterocycles. The van der Waals surface area contributed by atoms with Gasteiger partial charge in [0.25, 0.3) is 0 Å². The maximum absolute atomic E-state index is 12.5. The van der Waals surface area contributed by atoms with Crippen LogP contribution in [-0.4, -0.2) is 27.9 Å². The van der Waals surface area contributed by atoms with Crippen LogP contribution in [0.1, 0.15) is 25.0 Å². The van der Waals surface area contributed by atoms with Crippen LogP contribution in [0.4, 0.5) is 26.3 Å². The number of halogens is 8. The summed E-state index contributed by atoms with van der Waals surface area (Å²) >= 11 is 5.90. The standard InChI is InChI=1S/C17H12Br2F6O6S2/c1-15(2,9-3-5-13(11(18)7-9)30-32(26,27)16(20,21)22)10-4-6-14(12(19)8-10)31-33(28,29)17(23,24)25/h3-8H,1-2H3. The summed E-state index contributed by atoms with van der Waals surface area (Å²) in [7, 11) is -11.8. The molecule has 184 valence electrons. The van der Waals surface area contributed by atoms with E-state index in [1.54, 1.807) is 13.8 Å². The lowest BCUT2D eigenvalue weighted by atomic mass is 9.78. The maximum Gasteiger partial charge on any atom is 0.534 e. The number of alkyl halides is 6. The maximum atomic E-state index is 12.5. The molecule has 0 saturated heterocycles. The van der Waals surface area contributed by atoms with Gasteiger partial charge in [-0.25, -0.2) is 0 Å². The quantitative estimate of drug-likeness (QED) is 0.217. The molecule has 0 unspecified atom stereocenters. The number of hydrogen-bond acceptors (Lipinski definition) is 6. The van der Waals surface area contributed by atoms with Gasteiger partial charge in [0, 0.05) is 5.41 Å². The number of hydrogen-bond donors (Lipinski definition) is 0. The Morgan fingerprint density at radius 2 is 0.970 bits per heavy atom. The molecule has 0 bridgehead atoms. The normalized spacial score (nSPS) is 13.6. The summed E-state index contributed by atoms with van der Waals surface area (Å²) in [4.78, 5) is 0. The van der Waals surface area contributed by atoms with E-state index in [0.29, 0.717) is 11.1 Å². The highest BCUT2D eigenvalue weighted by atomic mass is 79.9. The first-order valence-corrected chi connectivity index (χ1v) is 12.7. The van der Waals surface area contributed by atoms with Crippen LogP contribution in [0.3, 0.4) is 0 Å². The fourth-order valence-corrected chi connectivity index (χ4v) is 4.50. The van der Waals surface area contributed by atoms with Crippen molar-refractivity contribution >= 4 is 52.1 Å². The molecule has 0 N–H and O–H groups in total. The van der Waals surface area contributed by atoms with E-state index in [2.05, 4.69) is 40.2 Å². The van der Waals surface area contributed by atoms with Crippen molar-refractivity contribution in [2.75, 3.05) is 0 Å². The molecule has 0 aliphatic heterocycles. The Morgan fingerprint density at radius 1 is 0.667 bits per heavy atom. The Labute approximate surface area is 201 Å². The van der Waals surface area contributed by atoms with E-state index in [1.807, 2.05) is 0 Å². The van der Waals surface area contributed by atoms with Crippen LogP contribution in [0.25, 0.3) is 0 Å². The molecule has 0 saturated carbocycles. The minimum atomic E-state index is -5.89. The lowest BCUT2D eigenvalue weighted by Gasteiger charge is -2.27. The molecule has 0 aromatic heterocycles. The van der Waals surface area contributed by atoms with Gasteiger partial charge in [0.1, 0.15) is 0 Å². The smallest absolute Gasteiger partial charge is 0.375 e. The lowest BCUT2D eigenvalue weighted by Crippen LogP contribution is -2.28. The van der Waals surface area contributed by atoms with E-state index in [9.17, 15) is 43.2 Å². The van der Waals surface area contributed by atoms with E-state index in [4.69, 9.17) is 0 Å². The molecule has 0 fully saturated rings. The monoisotopic (exact) mass is 648 g/mol. The van der Waals surface area contributed by atoms with E-state index in [1.165, 1.54) is 24.3 Å². The number of benzene rings is 2. The summed E-state index contributed by atoms with van der Waals surface area (Å²) in [5.41, 5.74) is -11.3. The van der Waals surface area contributed by atoms with Gasteiger partial charge >= 0.3 is 31.3 Å². The molecule has 16 heteroatoms. The van der Waals surface area contributed by atoms with Gasteiger partial charge in [-0.1, -0.05) is 26.0 Å². The molecule has 33 heavy (non-hydrogen) atoms. The van der Waals surface area contributed by atoms with Crippen LogP contribution in [0.2, 0.25) is 0 Å². The van der Waals surface area contributed by atoms with Gasteiger partial charge in [0.2, 0.25) is 0 Å².